The van der Waals surface area contributed by atoms with Crippen molar-refractivity contribution in [2.75, 3.05) is 12.5 Å². The molecular weight excluding hydrogens is 832 g/mol. The van der Waals surface area contributed by atoms with Gasteiger partial charge in [-0.1, -0.05) is 59.6 Å². The van der Waals surface area contributed by atoms with Gasteiger partial charge in [0.05, 0.1) is 51.8 Å². The Labute approximate surface area is 327 Å². The van der Waals surface area contributed by atoms with E-state index in [1.807, 2.05) is 0 Å². The highest BCUT2D eigenvalue weighted by atomic mass is 79.9. The topological polar surface area (TPSA) is 141 Å². The number of amides is 2. The average Bonchev–Trinajstić information content (AvgIpc) is 3.54. The zero-order valence-electron chi connectivity index (χ0n) is 28.2. The summed E-state index contributed by atoms with van der Waals surface area (Å²) in [6, 6.07) is 17.4. The Bertz CT molecular complexity index is 2580. The number of ether oxygens (including phenoxy) is 1. The number of nitrogens with one attached hydrogen (secondary N) is 1. The summed E-state index contributed by atoms with van der Waals surface area (Å²) in [6.45, 7) is -0.0802. The van der Waals surface area contributed by atoms with Crippen LogP contribution in [0.1, 0.15) is 35.1 Å². The Morgan fingerprint density at radius 2 is 1.71 bits per heavy atom. The van der Waals surface area contributed by atoms with Crippen molar-refractivity contribution >= 4 is 56.8 Å². The minimum absolute atomic E-state index is 0.0301. The van der Waals surface area contributed by atoms with E-state index >= 15 is 4.79 Å². The summed E-state index contributed by atoms with van der Waals surface area (Å²) < 4.78 is 49.7. The lowest BCUT2D eigenvalue weighted by Gasteiger charge is -2.49. The number of methoxy groups -OCH3 is 1. The predicted octanol–water partition coefficient (Wildman–Crippen LogP) is 6.62. The molecule has 1 saturated heterocycles. The van der Waals surface area contributed by atoms with Crippen LogP contribution in [0, 0.1) is 5.92 Å². The summed E-state index contributed by atoms with van der Waals surface area (Å²) in [5.74, 6) is -4.58. The first-order valence-corrected chi connectivity index (χ1v) is 18.1. The van der Waals surface area contributed by atoms with Gasteiger partial charge in [0, 0.05) is 17.1 Å². The van der Waals surface area contributed by atoms with Gasteiger partial charge in [-0.05, 0) is 81.5 Å². The van der Waals surface area contributed by atoms with E-state index in [1.165, 1.54) is 22.5 Å². The highest BCUT2D eigenvalue weighted by molar-refractivity contribution is 9.10. The molecule has 0 spiro atoms. The molecule has 55 heavy (non-hydrogen) atoms. The zero-order valence-corrected chi connectivity index (χ0v) is 31.3. The fourth-order valence-corrected chi connectivity index (χ4v) is 8.93. The second-order valence-electron chi connectivity index (χ2n) is 13.2. The SMILES string of the molecule is COc1cc(C2C3=CCn4c(=O)n(-c5ccccc5)c(=O)n4C3CC3C(=O)N(Nc4ncc(C(F)(F)F)cc4Cl)C(=O)C32c2ccc(Cl)cc2)cc(Br)c1O. The predicted molar refractivity (Wildman–Crippen MR) is 197 cm³/mol. The summed E-state index contributed by atoms with van der Waals surface area (Å²) in [5, 5.41) is 11.3. The summed E-state index contributed by atoms with van der Waals surface area (Å²) in [6.07, 6.45) is -2.67. The molecule has 2 aliphatic heterocycles. The number of carbonyl (C=O) groups is 2. The van der Waals surface area contributed by atoms with Crippen LogP contribution in [0.4, 0.5) is 19.0 Å². The van der Waals surface area contributed by atoms with Crippen molar-refractivity contribution in [2.45, 2.75) is 36.5 Å². The summed E-state index contributed by atoms with van der Waals surface area (Å²) in [4.78, 5) is 62.1. The molecule has 4 heterocycles. The zero-order chi connectivity index (χ0) is 39.1. The van der Waals surface area contributed by atoms with Crippen molar-refractivity contribution < 1.29 is 32.6 Å². The largest absolute Gasteiger partial charge is 0.503 e. The van der Waals surface area contributed by atoms with Crippen molar-refractivity contribution in [1.29, 1.82) is 0 Å². The molecule has 1 aliphatic carbocycles. The summed E-state index contributed by atoms with van der Waals surface area (Å²) in [7, 11) is 1.34. The van der Waals surface area contributed by atoms with E-state index in [0.717, 1.165) is 4.57 Å². The number of rotatable bonds is 6. The van der Waals surface area contributed by atoms with Crippen LogP contribution in [0.3, 0.4) is 0 Å². The van der Waals surface area contributed by atoms with Crippen LogP contribution in [0.5, 0.6) is 11.5 Å². The van der Waals surface area contributed by atoms with Gasteiger partial charge < -0.3 is 9.84 Å². The number of phenolic OH excluding ortho intramolecular Hbond substituents is 1. The van der Waals surface area contributed by atoms with Gasteiger partial charge in [-0.2, -0.15) is 18.2 Å². The first-order chi connectivity index (χ1) is 26.2. The quantitative estimate of drug-likeness (QED) is 0.144. The maximum Gasteiger partial charge on any atom is 0.417 e. The number of carbonyl (C=O) groups excluding carboxylic acids is 2. The third kappa shape index (κ3) is 5.52. The van der Waals surface area contributed by atoms with E-state index in [0.29, 0.717) is 44.7 Å². The molecule has 4 atom stereocenters. The lowest BCUT2D eigenvalue weighted by molar-refractivity contribution is -0.139. The molecule has 8 rings (SSSR count). The Morgan fingerprint density at radius 3 is 2.36 bits per heavy atom. The molecule has 2 aromatic heterocycles. The number of pyridine rings is 1. The van der Waals surface area contributed by atoms with Gasteiger partial charge in [0.15, 0.2) is 17.3 Å². The van der Waals surface area contributed by atoms with Crippen LogP contribution in [0.2, 0.25) is 10.0 Å². The maximum absolute atomic E-state index is 15.3. The molecule has 3 aromatic carbocycles. The smallest absolute Gasteiger partial charge is 0.417 e. The molecule has 5 aromatic rings. The number of aromatic hydroxyl groups is 1. The number of hydrogen-bond donors (Lipinski definition) is 2. The third-order valence-corrected chi connectivity index (χ3v) is 11.6. The first-order valence-electron chi connectivity index (χ1n) is 16.6. The van der Waals surface area contributed by atoms with Gasteiger partial charge in [-0.25, -0.2) is 28.5 Å². The lowest BCUT2D eigenvalue weighted by Crippen LogP contribution is -2.53. The maximum atomic E-state index is 15.3. The van der Waals surface area contributed by atoms with Crippen LogP contribution >= 0.6 is 39.1 Å². The number of fused-ring (bicyclic) bond motifs is 4. The molecule has 3 aliphatic rings. The van der Waals surface area contributed by atoms with Crippen LogP contribution in [0.15, 0.2) is 105 Å². The number of para-hydroxylation sites is 1. The van der Waals surface area contributed by atoms with Crippen LogP contribution in [0.25, 0.3) is 5.69 Å². The van der Waals surface area contributed by atoms with E-state index < -0.39 is 69.1 Å². The number of anilines is 1. The molecule has 1 saturated carbocycles. The van der Waals surface area contributed by atoms with Crippen LogP contribution in [-0.4, -0.2) is 48.0 Å². The fourth-order valence-electron chi connectivity index (χ4n) is 8.13. The lowest BCUT2D eigenvalue weighted by atomic mass is 9.53. The number of nitrogens with zero attached hydrogens (tertiary/aromatic N) is 5. The van der Waals surface area contributed by atoms with Crippen LogP contribution < -0.4 is 21.5 Å². The van der Waals surface area contributed by atoms with Crippen molar-refractivity contribution in [3.63, 3.8) is 0 Å². The molecule has 2 N–H and O–H groups in total. The summed E-state index contributed by atoms with van der Waals surface area (Å²) >= 11 is 16.0. The third-order valence-electron chi connectivity index (χ3n) is 10.4. The van der Waals surface area contributed by atoms with E-state index in [4.69, 9.17) is 27.9 Å². The van der Waals surface area contributed by atoms with Gasteiger partial charge in [-0.3, -0.25) is 15.0 Å². The highest BCUT2D eigenvalue weighted by Crippen LogP contribution is 2.62. The van der Waals surface area contributed by atoms with Gasteiger partial charge in [0.1, 0.15) is 0 Å². The first kappa shape index (κ1) is 36.6. The molecule has 4 unspecified atom stereocenters. The minimum atomic E-state index is -4.77. The van der Waals surface area contributed by atoms with E-state index in [2.05, 4.69) is 26.3 Å². The molecular formula is C37H26BrCl2F3N6O6. The van der Waals surface area contributed by atoms with Crippen LogP contribution in [-0.2, 0) is 27.7 Å². The van der Waals surface area contributed by atoms with Crippen molar-refractivity contribution in [1.82, 2.24) is 23.9 Å². The fraction of sp³-hybridized carbons (Fsp3) is 0.216. The number of allylic oxidation sites excluding steroid dienone is 2. The standard InChI is InChI=1S/C37H26BrCl2F3N6O6/c1-55-28-14-18(13-25(38)30(28)50)29-23-11-12-46-34(53)47(22-5-3-2-4-6-22)35(54)49(46)27(23)16-24-32(51)48(33(52)36(24,29)19-7-9-21(39)10-8-19)45-31-26(40)15-20(17-44-31)37(41,42)43/h2-11,13-15,17,24,27,29,50H,12,16H2,1H3,(H,44,45). The normalized spacial score (nSPS) is 21.8. The van der Waals surface area contributed by atoms with Gasteiger partial charge in [0.2, 0.25) is 0 Å². The number of hydrazine groups is 1. The molecule has 12 nitrogen and oxygen atoms in total. The average molecular weight is 858 g/mol. The van der Waals surface area contributed by atoms with Gasteiger partial charge in [0.25, 0.3) is 11.8 Å². The number of hydrogen-bond acceptors (Lipinski definition) is 8. The number of alkyl halides is 3. The van der Waals surface area contributed by atoms with Gasteiger partial charge >= 0.3 is 17.6 Å². The summed E-state index contributed by atoms with van der Waals surface area (Å²) in [5.41, 5.74) is -0.101. The Kier molecular flexibility index (Phi) is 8.77. The Hall–Kier alpha value is -5.32. The number of aromatic nitrogens is 4. The highest BCUT2D eigenvalue weighted by Gasteiger charge is 2.69. The monoisotopic (exact) mass is 856 g/mol. The Balaban J connectivity index is 1.38. The van der Waals surface area contributed by atoms with E-state index in [1.54, 1.807) is 66.7 Å². The van der Waals surface area contributed by atoms with Crippen molar-refractivity contribution in [2.24, 2.45) is 5.92 Å². The molecule has 0 bridgehead atoms. The molecule has 0 radical (unpaired) electrons. The number of phenols is 1. The molecule has 282 valence electrons. The molecule has 18 heteroatoms. The van der Waals surface area contributed by atoms with E-state index in [9.17, 15) is 32.7 Å². The van der Waals surface area contributed by atoms with Gasteiger partial charge in [-0.15, -0.1) is 0 Å². The minimum Gasteiger partial charge on any atom is -0.503 e. The van der Waals surface area contributed by atoms with Crippen molar-refractivity contribution in [3.8, 4) is 17.2 Å². The van der Waals surface area contributed by atoms with Crippen molar-refractivity contribution in [3.05, 3.63) is 143 Å². The second kappa shape index (κ2) is 13.2. The molecule has 2 fully saturated rings. The van der Waals surface area contributed by atoms with E-state index in [-0.39, 0.29) is 28.9 Å². The second-order valence-corrected chi connectivity index (χ2v) is 14.9. The number of benzene rings is 3. The molecule has 2 amide bonds. The number of halogens is 6. The number of imide groups is 1. The Morgan fingerprint density at radius 1 is 1.00 bits per heavy atom.